The van der Waals surface area contributed by atoms with E-state index in [0.717, 1.165) is 35.3 Å². The van der Waals surface area contributed by atoms with Crippen LogP contribution in [0.5, 0.6) is 11.5 Å². The second kappa shape index (κ2) is 16.3. The zero-order valence-electron chi connectivity index (χ0n) is 54.8. The van der Waals surface area contributed by atoms with Gasteiger partial charge in [0.05, 0.1) is 32.9 Å². The molecule has 2 aromatic heterocycles. The number of alkyl halides is 6. The predicted molar refractivity (Wildman–Crippen MR) is 267 cm³/mol. The molecule has 0 saturated heterocycles. The van der Waals surface area contributed by atoms with Crippen molar-refractivity contribution >= 4 is 75.4 Å². The van der Waals surface area contributed by atoms with Gasteiger partial charge in [-0.15, -0.1) is 0 Å². The van der Waals surface area contributed by atoms with Crippen LogP contribution in [0.3, 0.4) is 0 Å². The van der Waals surface area contributed by atoms with Crippen LogP contribution in [0.2, 0.25) is 12.0 Å². The molecule has 0 spiro atoms. The number of para-hydroxylation sites is 6. The molecular weight excluding hydrogens is 905 g/mol. The SMILES string of the molecule is [2H]C([2H])([2H])C(C([2H])([2H])[2H])(C(F)(F)F)C([2H])([2H])[Si]([2H])([2H])C1([Si]([2H])([2H])C([2H])([2H])C(C([2H])([2H])[2H])(C([2H])([2H])[2H])C(F)(F)F)c2ccccc2Oc2c1cccc2[Si](c1ccccc1)(c1ccccc1)c1cccc(-n2c3ccccc3n3c4ccccc4nc23)c1. The zero-order valence-corrected chi connectivity index (χ0v) is 37.8. The summed E-state index contributed by atoms with van der Waals surface area (Å²) in [4.78, 5) is 5.01. The highest BCUT2D eigenvalue weighted by molar-refractivity contribution is 7.20. The minimum Gasteiger partial charge on any atom is -0.457 e. The molecule has 0 fully saturated rings. The Balaban J connectivity index is 1.45. The molecule has 0 amide bonds. The Morgan fingerprint density at radius 3 is 1.75 bits per heavy atom. The lowest BCUT2D eigenvalue weighted by molar-refractivity contribution is -0.204. The molecule has 0 bridgehead atoms. The van der Waals surface area contributed by atoms with Crippen molar-refractivity contribution in [3.8, 4) is 17.2 Å². The summed E-state index contributed by atoms with van der Waals surface area (Å²) >= 11 is 0. The molecule has 340 valence electrons. The number of benzene rings is 7. The number of aromatic nitrogens is 3. The fourth-order valence-electron chi connectivity index (χ4n) is 9.00. The van der Waals surface area contributed by atoms with Gasteiger partial charge < -0.3 is 4.74 Å². The molecule has 1 aliphatic heterocycles. The van der Waals surface area contributed by atoms with E-state index in [1.807, 2.05) is 51.4 Å². The van der Waals surface area contributed by atoms with Crippen LogP contribution in [0.4, 0.5) is 26.3 Å². The number of nitrogens with zero attached hydrogens (tertiary/aromatic N) is 3. The number of halogens is 6. The van der Waals surface area contributed by atoms with Gasteiger partial charge in [0.1, 0.15) is 11.5 Å². The first-order valence-electron chi connectivity index (χ1n) is 30.7. The van der Waals surface area contributed by atoms with Gasteiger partial charge in [0, 0.05) is 56.0 Å². The zero-order chi connectivity index (χ0) is 64.2. The number of hydrogen-bond acceptors (Lipinski definition) is 2. The van der Waals surface area contributed by atoms with Gasteiger partial charge in [0.15, 0.2) is 8.07 Å². The normalized spacial score (nSPS) is 20.3. The van der Waals surface area contributed by atoms with E-state index in [1.54, 1.807) is 91.0 Å². The summed E-state index contributed by atoms with van der Waals surface area (Å²) < 4.78 is 285. The first-order valence-corrected chi connectivity index (χ1v) is 24.7. The third-order valence-electron chi connectivity index (χ3n) is 12.1. The summed E-state index contributed by atoms with van der Waals surface area (Å²) in [5.74, 6) is -12.6. The molecule has 0 atom stereocenters. The summed E-state index contributed by atoms with van der Waals surface area (Å²) in [6.07, 6.45) is -13.9. The minimum absolute atomic E-state index is 0.180. The highest BCUT2D eigenvalue weighted by Gasteiger charge is 2.54. The Kier molecular flexibility index (Phi) is 6.56. The van der Waals surface area contributed by atoms with Gasteiger partial charge >= 0.3 is 12.4 Å². The number of imidazole rings is 2. The van der Waals surface area contributed by atoms with E-state index >= 15 is 26.3 Å². The topological polar surface area (TPSA) is 31.5 Å². The standard InChI is InChI=1S/C54H49F6N3OSi3/c1-50(2,53(55,56)57)34-65-52(66-35-51(3,4)54(58,59)60)40-25-11-16-31-46(40)64-48-41(52)26-18-32-47(48)67(37-20-7-5-8-21-37,38-22-9-6-10-23-38)39-24-17-19-36(33-39)62-44-29-14-15-30-45(44)63-43-28-13-12-27-42(43)61-49(62)63/h5-33H,34-35,65-66H2,1-4H3/i1D3,2D3,3D3,4D3,34D2,35D2,65D2,66D2. The van der Waals surface area contributed by atoms with E-state index in [9.17, 15) is 10.4 Å². The molecule has 0 radical (unpaired) electrons. The lowest BCUT2D eigenvalue weighted by Crippen LogP contribution is -2.75. The van der Waals surface area contributed by atoms with E-state index in [4.69, 9.17) is 26.2 Å². The van der Waals surface area contributed by atoms with Crippen LogP contribution >= 0.6 is 0 Å². The van der Waals surface area contributed by atoms with Crippen molar-refractivity contribution in [3.05, 3.63) is 187 Å². The first-order chi connectivity index (χ1) is 40.1. The average Bonchev–Trinajstić information content (AvgIpc) is 1.18. The molecule has 9 aromatic rings. The van der Waals surface area contributed by atoms with Gasteiger partial charge in [-0.1, -0.05) is 161 Å². The molecule has 0 N–H and O–H groups in total. The molecule has 0 saturated carbocycles. The summed E-state index contributed by atoms with van der Waals surface area (Å²) in [7, 11) is -20.7. The van der Waals surface area contributed by atoms with Crippen molar-refractivity contribution in [3.63, 3.8) is 0 Å². The van der Waals surface area contributed by atoms with Gasteiger partial charge in [0.2, 0.25) is 5.78 Å². The van der Waals surface area contributed by atoms with Crippen molar-refractivity contribution in [1.82, 2.24) is 14.0 Å². The molecule has 67 heavy (non-hydrogen) atoms. The smallest absolute Gasteiger partial charge is 0.393 e. The molecule has 0 aliphatic carbocycles. The first kappa shape index (κ1) is 27.0. The molecule has 1 aliphatic rings. The quantitative estimate of drug-likeness (QED) is 0.0735. The molecule has 7 aromatic carbocycles. The van der Waals surface area contributed by atoms with E-state index in [-0.39, 0.29) is 5.19 Å². The minimum atomic E-state index is -8.05. The van der Waals surface area contributed by atoms with Crippen LogP contribution in [0.15, 0.2) is 176 Å². The molecule has 0 unspecified atom stereocenters. The fourth-order valence-corrected chi connectivity index (χ4v) is 16.9. The molecule has 4 nitrogen and oxygen atoms in total. The van der Waals surface area contributed by atoms with Crippen LogP contribution < -0.4 is 25.5 Å². The average molecular weight is 974 g/mol. The van der Waals surface area contributed by atoms with Crippen molar-refractivity contribution in [1.29, 1.82) is 4.94 Å². The Bertz CT molecular complexity index is 3940. The van der Waals surface area contributed by atoms with Crippen molar-refractivity contribution in [2.45, 2.75) is 56.4 Å². The maximum atomic E-state index is 16.4. The van der Waals surface area contributed by atoms with Crippen LogP contribution in [-0.2, 0) is 4.66 Å². The Hall–Kier alpha value is -6.16. The van der Waals surface area contributed by atoms with Crippen molar-refractivity contribution in [2.75, 3.05) is 0 Å². The number of rotatable bonds is 11. The summed E-state index contributed by atoms with van der Waals surface area (Å²) in [5.41, 5.74) is -11.4. The molecule has 3 heterocycles. The van der Waals surface area contributed by atoms with Gasteiger partial charge in [0.25, 0.3) is 0 Å². The maximum Gasteiger partial charge on any atom is 0.393 e. The van der Waals surface area contributed by atoms with Gasteiger partial charge in [-0.05, 0) is 86.3 Å². The number of hydrogen-bond donors (Lipinski definition) is 0. The van der Waals surface area contributed by atoms with Gasteiger partial charge in [-0.2, -0.15) is 26.3 Å². The summed E-state index contributed by atoms with van der Waals surface area (Å²) in [6, 6.07) is 44.5. The van der Waals surface area contributed by atoms with E-state index < -0.39 is 117 Å². The number of fused-ring (bicyclic) bond motifs is 7. The van der Waals surface area contributed by atoms with Crippen LogP contribution in [0.25, 0.3) is 33.5 Å². The molecule has 13 heteroatoms. The highest BCUT2D eigenvalue weighted by atomic mass is 28.3. The Labute approximate surface area is 418 Å². The number of ether oxygens (including phenoxy) is 1. The van der Waals surface area contributed by atoms with Crippen molar-refractivity contribution in [2.24, 2.45) is 10.8 Å². The summed E-state index contributed by atoms with van der Waals surface area (Å²) in [6.45, 7) is -21.0. The Morgan fingerprint density at radius 1 is 0.597 bits per heavy atom. The van der Waals surface area contributed by atoms with Crippen LogP contribution in [0.1, 0.15) is 60.5 Å². The second-order valence-corrected chi connectivity index (χ2v) is 22.9. The fraction of sp³-hybridized carbons (Fsp3) is 0.204. The predicted octanol–water partition coefficient (Wildman–Crippen LogP) is 10.5. The van der Waals surface area contributed by atoms with Crippen LogP contribution in [0, 0.1) is 10.8 Å². The lowest BCUT2D eigenvalue weighted by Gasteiger charge is -2.45. The Morgan fingerprint density at radius 2 is 1.12 bits per heavy atom. The molecular formula is C54H49F6N3OSi3. The van der Waals surface area contributed by atoms with Gasteiger partial charge in [-0.25, -0.2) is 4.98 Å². The van der Waals surface area contributed by atoms with E-state index in [1.165, 1.54) is 6.07 Å². The third-order valence-corrected chi connectivity index (χ3v) is 20.5. The summed E-state index contributed by atoms with van der Waals surface area (Å²) in [5, 5.41) is 0.952. The maximum absolute atomic E-state index is 16.4. The largest absolute Gasteiger partial charge is 0.457 e. The molecule has 10 rings (SSSR count). The van der Waals surface area contributed by atoms with Gasteiger partial charge in [-0.3, -0.25) is 8.97 Å². The van der Waals surface area contributed by atoms with Crippen molar-refractivity contribution < 1.29 is 53.0 Å². The second-order valence-electron chi connectivity index (χ2n) is 16.1. The van der Waals surface area contributed by atoms with E-state index in [2.05, 4.69) is 0 Å². The van der Waals surface area contributed by atoms with Crippen LogP contribution in [-0.4, -0.2) is 58.1 Å². The highest BCUT2D eigenvalue weighted by Crippen LogP contribution is 2.52. The van der Waals surface area contributed by atoms with E-state index in [0.29, 0.717) is 50.2 Å². The third kappa shape index (κ3) is 7.19. The monoisotopic (exact) mass is 973 g/mol. The lowest BCUT2D eigenvalue weighted by atomic mass is 9.95.